The lowest BCUT2D eigenvalue weighted by Gasteiger charge is -1.86. The van der Waals surface area contributed by atoms with Gasteiger partial charge in [-0.2, -0.15) is 0 Å². The van der Waals surface area contributed by atoms with E-state index in [9.17, 15) is 4.79 Å². The highest BCUT2D eigenvalue weighted by molar-refractivity contribution is 5.77. The number of rotatable bonds is 4. The quantitative estimate of drug-likeness (QED) is 0.260. The Bertz CT molecular complexity index is 185. The Hall–Kier alpha value is -1.11. The first-order valence-corrected chi connectivity index (χ1v) is 3.74. The molecule has 0 unspecified atom stereocenters. The van der Waals surface area contributed by atoms with Crippen LogP contribution in [0.3, 0.4) is 0 Å². The van der Waals surface area contributed by atoms with Crippen molar-refractivity contribution in [2.24, 2.45) is 0 Å². The van der Waals surface area contributed by atoms with E-state index in [4.69, 9.17) is 0 Å². The standard InChI is InChI=1S/C10H14O/c1-3-5-6-8-10(9-11)7-4-2/h3-5,7-9H,6H2,1-2H3/b5-3+,7-4+,10-8-. The van der Waals surface area contributed by atoms with Gasteiger partial charge >= 0.3 is 0 Å². The Morgan fingerprint density at radius 1 is 1.27 bits per heavy atom. The molecule has 0 amide bonds. The smallest absolute Gasteiger partial charge is 0.149 e. The van der Waals surface area contributed by atoms with Gasteiger partial charge < -0.3 is 0 Å². The van der Waals surface area contributed by atoms with Gasteiger partial charge in [0.15, 0.2) is 0 Å². The van der Waals surface area contributed by atoms with Gasteiger partial charge in [0.05, 0.1) is 0 Å². The van der Waals surface area contributed by atoms with Crippen LogP contribution in [0, 0.1) is 0 Å². The topological polar surface area (TPSA) is 17.1 Å². The van der Waals surface area contributed by atoms with Crippen molar-refractivity contribution in [1.82, 2.24) is 0 Å². The molecule has 0 N–H and O–H groups in total. The molecule has 0 atom stereocenters. The van der Waals surface area contributed by atoms with Crippen LogP contribution in [0.1, 0.15) is 20.3 Å². The molecule has 0 spiro atoms. The lowest BCUT2D eigenvalue weighted by atomic mass is 10.2. The number of hydrogen-bond donors (Lipinski definition) is 0. The Labute approximate surface area is 68.1 Å². The van der Waals surface area contributed by atoms with Crippen LogP contribution in [0.2, 0.25) is 0 Å². The summed E-state index contributed by atoms with van der Waals surface area (Å²) < 4.78 is 0. The summed E-state index contributed by atoms with van der Waals surface area (Å²) in [6.07, 6.45) is 11.2. The van der Waals surface area contributed by atoms with Crippen molar-refractivity contribution in [2.75, 3.05) is 0 Å². The molecular weight excluding hydrogens is 136 g/mol. The summed E-state index contributed by atoms with van der Waals surface area (Å²) in [4.78, 5) is 10.3. The predicted octanol–water partition coefficient (Wildman–Crippen LogP) is 2.65. The summed E-state index contributed by atoms with van der Waals surface area (Å²) >= 11 is 0. The number of carbonyl (C=O) groups is 1. The monoisotopic (exact) mass is 150 g/mol. The minimum Gasteiger partial charge on any atom is -0.298 e. The molecule has 0 heterocycles. The van der Waals surface area contributed by atoms with Crippen molar-refractivity contribution in [3.05, 3.63) is 36.0 Å². The maximum absolute atomic E-state index is 10.3. The first-order chi connectivity index (χ1) is 5.35. The second-order valence-corrected chi connectivity index (χ2v) is 2.13. The van der Waals surface area contributed by atoms with Crippen LogP contribution in [-0.4, -0.2) is 6.29 Å². The maximum atomic E-state index is 10.3. The van der Waals surface area contributed by atoms with Gasteiger partial charge in [0.2, 0.25) is 0 Å². The molecule has 0 radical (unpaired) electrons. The number of hydrogen-bond acceptors (Lipinski definition) is 1. The van der Waals surface area contributed by atoms with E-state index in [-0.39, 0.29) is 0 Å². The van der Waals surface area contributed by atoms with Crippen LogP contribution in [0.15, 0.2) is 36.0 Å². The highest BCUT2D eigenvalue weighted by Gasteiger charge is 1.83. The van der Waals surface area contributed by atoms with Gasteiger partial charge in [0, 0.05) is 5.57 Å². The average molecular weight is 150 g/mol. The van der Waals surface area contributed by atoms with Crippen LogP contribution < -0.4 is 0 Å². The fraction of sp³-hybridized carbons (Fsp3) is 0.300. The average Bonchev–Trinajstić information content (AvgIpc) is 2.03. The van der Waals surface area contributed by atoms with Gasteiger partial charge in [-0.05, 0) is 20.3 Å². The zero-order valence-electron chi connectivity index (χ0n) is 7.08. The van der Waals surface area contributed by atoms with Gasteiger partial charge in [-0.15, -0.1) is 0 Å². The molecule has 0 saturated carbocycles. The first-order valence-electron chi connectivity index (χ1n) is 3.74. The van der Waals surface area contributed by atoms with Gasteiger partial charge in [-0.25, -0.2) is 0 Å². The third-order valence-electron chi connectivity index (χ3n) is 1.22. The van der Waals surface area contributed by atoms with Crippen LogP contribution in [0.25, 0.3) is 0 Å². The first kappa shape index (κ1) is 9.89. The molecule has 0 aliphatic carbocycles. The van der Waals surface area contributed by atoms with Crippen molar-refractivity contribution in [3.63, 3.8) is 0 Å². The van der Waals surface area contributed by atoms with E-state index in [2.05, 4.69) is 0 Å². The van der Waals surface area contributed by atoms with Crippen LogP contribution >= 0.6 is 0 Å². The molecule has 0 aliphatic heterocycles. The van der Waals surface area contributed by atoms with E-state index in [0.717, 1.165) is 18.3 Å². The number of allylic oxidation sites excluding steroid dienone is 6. The van der Waals surface area contributed by atoms with Crippen LogP contribution in [0.5, 0.6) is 0 Å². The highest BCUT2D eigenvalue weighted by atomic mass is 16.1. The molecular formula is C10H14O. The third kappa shape index (κ3) is 5.34. The molecule has 0 saturated heterocycles. The van der Waals surface area contributed by atoms with E-state index in [1.165, 1.54) is 0 Å². The summed E-state index contributed by atoms with van der Waals surface area (Å²) in [5.74, 6) is 0. The second kappa shape index (κ2) is 7.00. The van der Waals surface area contributed by atoms with Crippen molar-refractivity contribution in [3.8, 4) is 0 Å². The molecule has 0 fully saturated rings. The van der Waals surface area contributed by atoms with Gasteiger partial charge in [0.25, 0.3) is 0 Å². The molecule has 0 aromatic carbocycles. The van der Waals surface area contributed by atoms with Crippen molar-refractivity contribution < 1.29 is 4.79 Å². The van der Waals surface area contributed by atoms with Crippen LogP contribution in [0.4, 0.5) is 0 Å². The Balaban J connectivity index is 4.00. The Morgan fingerprint density at radius 3 is 2.45 bits per heavy atom. The zero-order valence-corrected chi connectivity index (χ0v) is 7.08. The van der Waals surface area contributed by atoms with E-state index in [0.29, 0.717) is 0 Å². The van der Waals surface area contributed by atoms with Gasteiger partial charge in [-0.3, -0.25) is 4.79 Å². The number of aldehydes is 1. The molecule has 0 aromatic rings. The summed E-state index contributed by atoms with van der Waals surface area (Å²) in [6.45, 7) is 3.86. The second-order valence-electron chi connectivity index (χ2n) is 2.13. The summed E-state index contributed by atoms with van der Waals surface area (Å²) in [5.41, 5.74) is 0.741. The molecule has 1 nitrogen and oxygen atoms in total. The largest absolute Gasteiger partial charge is 0.298 e. The van der Waals surface area contributed by atoms with Crippen molar-refractivity contribution >= 4 is 6.29 Å². The molecule has 1 heteroatoms. The molecule has 0 aromatic heterocycles. The van der Waals surface area contributed by atoms with Gasteiger partial charge in [0.1, 0.15) is 6.29 Å². The molecule has 60 valence electrons. The van der Waals surface area contributed by atoms with E-state index < -0.39 is 0 Å². The third-order valence-corrected chi connectivity index (χ3v) is 1.22. The molecule has 11 heavy (non-hydrogen) atoms. The zero-order chi connectivity index (χ0) is 8.53. The molecule has 0 rings (SSSR count). The highest BCUT2D eigenvalue weighted by Crippen LogP contribution is 1.95. The normalized spacial score (nSPS) is 13.1. The maximum Gasteiger partial charge on any atom is 0.149 e. The summed E-state index contributed by atoms with van der Waals surface area (Å²) in [6, 6.07) is 0. The Morgan fingerprint density at radius 2 is 2.00 bits per heavy atom. The summed E-state index contributed by atoms with van der Waals surface area (Å²) in [5, 5.41) is 0. The van der Waals surface area contributed by atoms with E-state index >= 15 is 0 Å². The van der Waals surface area contributed by atoms with Crippen LogP contribution in [-0.2, 0) is 4.79 Å². The SMILES string of the molecule is C/C=C/C/C=C(C=O)/C=C/C. The molecule has 0 bridgehead atoms. The predicted molar refractivity (Wildman–Crippen MR) is 48.4 cm³/mol. The minimum atomic E-state index is 0.741. The fourth-order valence-electron chi connectivity index (χ4n) is 0.688. The molecule has 0 aliphatic rings. The summed E-state index contributed by atoms with van der Waals surface area (Å²) in [7, 11) is 0. The van der Waals surface area contributed by atoms with Crippen molar-refractivity contribution in [2.45, 2.75) is 20.3 Å². The number of carbonyl (C=O) groups excluding carboxylic acids is 1. The Kier molecular flexibility index (Phi) is 6.30. The minimum absolute atomic E-state index is 0.741. The van der Waals surface area contributed by atoms with Crippen molar-refractivity contribution in [1.29, 1.82) is 0 Å². The lowest BCUT2D eigenvalue weighted by Crippen LogP contribution is -1.77. The fourth-order valence-corrected chi connectivity index (χ4v) is 0.688. The van der Waals surface area contributed by atoms with Gasteiger partial charge in [-0.1, -0.05) is 30.4 Å². The van der Waals surface area contributed by atoms with E-state index in [1.54, 1.807) is 6.08 Å². The van der Waals surface area contributed by atoms with E-state index in [1.807, 2.05) is 38.2 Å². The lowest BCUT2D eigenvalue weighted by molar-refractivity contribution is -0.104.